The standard InChI is InChI=1S/C20H21ClN2O2S.ClH/c21-16-7-5-15(6-8-16)19(24)12-26-13-20(25)23-11-18-17-4-2-1-3-14(17)9-10-22-18;/h1-8,18,22H,9-13H2,(H,23,25);1H. The molecule has 0 saturated carbocycles. The molecule has 0 aromatic heterocycles. The molecule has 4 nitrogen and oxygen atoms in total. The second-order valence-corrected chi connectivity index (χ2v) is 7.60. The fourth-order valence-corrected chi connectivity index (χ4v) is 3.87. The maximum absolute atomic E-state index is 12.1. The highest BCUT2D eigenvalue weighted by molar-refractivity contribution is 8.00. The molecule has 1 aliphatic heterocycles. The summed E-state index contributed by atoms with van der Waals surface area (Å²) in [7, 11) is 0. The Kier molecular flexibility index (Phi) is 8.64. The number of fused-ring (bicyclic) bond motifs is 1. The van der Waals surface area contributed by atoms with Gasteiger partial charge in [0.05, 0.1) is 11.5 Å². The summed E-state index contributed by atoms with van der Waals surface area (Å²) in [6.45, 7) is 1.48. The largest absolute Gasteiger partial charge is 0.353 e. The summed E-state index contributed by atoms with van der Waals surface area (Å²) in [5, 5.41) is 7.01. The number of Topliss-reactive ketones (excluding diaryl/α,β-unsaturated/α-hetero) is 1. The van der Waals surface area contributed by atoms with Gasteiger partial charge in [0.25, 0.3) is 0 Å². The molecule has 0 radical (unpaired) electrons. The van der Waals surface area contributed by atoms with E-state index in [-0.39, 0.29) is 41.6 Å². The zero-order valence-electron chi connectivity index (χ0n) is 14.7. The average Bonchev–Trinajstić information content (AvgIpc) is 2.66. The summed E-state index contributed by atoms with van der Waals surface area (Å²) in [6.07, 6.45) is 1.02. The van der Waals surface area contributed by atoms with Gasteiger partial charge < -0.3 is 10.6 Å². The lowest BCUT2D eigenvalue weighted by Gasteiger charge is -2.27. The molecule has 144 valence electrons. The number of nitrogens with one attached hydrogen (secondary N) is 2. The first-order chi connectivity index (χ1) is 12.6. The number of amides is 1. The minimum Gasteiger partial charge on any atom is -0.353 e. The summed E-state index contributed by atoms with van der Waals surface area (Å²) >= 11 is 7.14. The van der Waals surface area contributed by atoms with Crippen molar-refractivity contribution in [1.29, 1.82) is 0 Å². The maximum atomic E-state index is 12.1. The van der Waals surface area contributed by atoms with Gasteiger partial charge in [0.2, 0.25) is 5.91 Å². The Bertz CT molecular complexity index is 784. The predicted molar refractivity (Wildman–Crippen MR) is 114 cm³/mol. The molecule has 7 heteroatoms. The van der Waals surface area contributed by atoms with Crippen LogP contribution in [0, 0.1) is 0 Å². The van der Waals surface area contributed by atoms with E-state index in [1.54, 1.807) is 24.3 Å². The van der Waals surface area contributed by atoms with Gasteiger partial charge in [-0.05, 0) is 48.4 Å². The van der Waals surface area contributed by atoms with Crippen molar-refractivity contribution in [2.45, 2.75) is 12.5 Å². The van der Waals surface area contributed by atoms with E-state index in [0.29, 0.717) is 17.1 Å². The van der Waals surface area contributed by atoms with E-state index < -0.39 is 0 Å². The van der Waals surface area contributed by atoms with Crippen LogP contribution in [0.15, 0.2) is 48.5 Å². The van der Waals surface area contributed by atoms with Crippen LogP contribution < -0.4 is 10.6 Å². The van der Waals surface area contributed by atoms with Gasteiger partial charge >= 0.3 is 0 Å². The van der Waals surface area contributed by atoms with Crippen LogP contribution in [-0.2, 0) is 11.2 Å². The first-order valence-electron chi connectivity index (χ1n) is 8.58. The Labute approximate surface area is 174 Å². The Morgan fingerprint density at radius 3 is 2.63 bits per heavy atom. The summed E-state index contributed by atoms with van der Waals surface area (Å²) < 4.78 is 0. The molecule has 0 bridgehead atoms. The molecule has 2 N–H and O–H groups in total. The van der Waals surface area contributed by atoms with E-state index in [0.717, 1.165) is 13.0 Å². The van der Waals surface area contributed by atoms with Crippen LogP contribution in [0.25, 0.3) is 0 Å². The smallest absolute Gasteiger partial charge is 0.230 e. The van der Waals surface area contributed by atoms with Gasteiger partial charge in [-0.15, -0.1) is 24.2 Å². The lowest BCUT2D eigenvalue weighted by Crippen LogP contribution is -2.39. The Morgan fingerprint density at radius 2 is 1.85 bits per heavy atom. The minimum absolute atomic E-state index is 0. The first kappa shape index (κ1) is 21.8. The third kappa shape index (κ3) is 6.25. The molecule has 0 aliphatic carbocycles. The average molecular weight is 425 g/mol. The summed E-state index contributed by atoms with van der Waals surface area (Å²) in [4.78, 5) is 24.1. The Hall–Kier alpha value is -1.53. The van der Waals surface area contributed by atoms with Crippen LogP contribution in [-0.4, -0.2) is 36.3 Å². The SMILES string of the molecule is Cl.O=C(CSCC(=O)c1ccc(Cl)cc1)NCC1NCCc2ccccc21. The summed E-state index contributed by atoms with van der Waals surface area (Å²) in [5.74, 6) is 0.499. The molecule has 1 aliphatic rings. The van der Waals surface area contributed by atoms with Crippen molar-refractivity contribution in [2.24, 2.45) is 0 Å². The van der Waals surface area contributed by atoms with Gasteiger partial charge in [0.1, 0.15) is 0 Å². The van der Waals surface area contributed by atoms with Crippen LogP contribution in [0.2, 0.25) is 5.02 Å². The number of thioether (sulfide) groups is 1. The number of rotatable bonds is 7. The zero-order chi connectivity index (χ0) is 18.4. The Balaban J connectivity index is 0.00000261. The van der Waals surface area contributed by atoms with Crippen LogP contribution in [0.5, 0.6) is 0 Å². The van der Waals surface area contributed by atoms with Gasteiger partial charge in [-0.1, -0.05) is 35.9 Å². The highest BCUT2D eigenvalue weighted by Gasteiger charge is 2.19. The van der Waals surface area contributed by atoms with Crippen LogP contribution in [0.3, 0.4) is 0 Å². The lowest BCUT2D eigenvalue weighted by molar-refractivity contribution is -0.118. The van der Waals surface area contributed by atoms with E-state index in [2.05, 4.69) is 22.8 Å². The fraction of sp³-hybridized carbons (Fsp3) is 0.300. The van der Waals surface area contributed by atoms with E-state index in [9.17, 15) is 9.59 Å². The molecule has 1 amide bonds. The van der Waals surface area contributed by atoms with Crippen LogP contribution in [0.4, 0.5) is 0 Å². The van der Waals surface area contributed by atoms with Gasteiger partial charge in [0, 0.05) is 23.2 Å². The number of carbonyl (C=O) groups is 2. The fourth-order valence-electron chi connectivity index (χ4n) is 3.00. The van der Waals surface area contributed by atoms with Crippen LogP contribution >= 0.6 is 35.8 Å². The van der Waals surface area contributed by atoms with E-state index >= 15 is 0 Å². The molecule has 1 heterocycles. The van der Waals surface area contributed by atoms with Gasteiger partial charge in [0.15, 0.2) is 5.78 Å². The van der Waals surface area contributed by atoms with Crippen molar-refractivity contribution in [3.05, 3.63) is 70.2 Å². The van der Waals surface area contributed by atoms with Crippen LogP contribution in [0.1, 0.15) is 27.5 Å². The van der Waals surface area contributed by atoms with Crippen molar-refractivity contribution < 1.29 is 9.59 Å². The minimum atomic E-state index is -0.0521. The second-order valence-electron chi connectivity index (χ2n) is 6.18. The first-order valence-corrected chi connectivity index (χ1v) is 10.1. The quantitative estimate of drug-likeness (QED) is 0.665. The normalized spacial score (nSPS) is 15.4. The van der Waals surface area contributed by atoms with E-state index in [1.165, 1.54) is 22.9 Å². The lowest BCUT2D eigenvalue weighted by atomic mass is 9.94. The topological polar surface area (TPSA) is 58.2 Å². The number of carbonyl (C=O) groups excluding carboxylic acids is 2. The third-order valence-electron chi connectivity index (χ3n) is 4.35. The zero-order valence-corrected chi connectivity index (χ0v) is 17.1. The maximum Gasteiger partial charge on any atom is 0.230 e. The molecule has 2 aromatic carbocycles. The highest BCUT2D eigenvalue weighted by atomic mass is 35.5. The molecular weight excluding hydrogens is 403 g/mol. The van der Waals surface area contributed by atoms with Crippen molar-refractivity contribution in [3.8, 4) is 0 Å². The van der Waals surface area contributed by atoms with Gasteiger partial charge in [-0.2, -0.15) is 0 Å². The highest BCUT2D eigenvalue weighted by Crippen LogP contribution is 2.21. The predicted octanol–water partition coefficient (Wildman–Crippen LogP) is 3.68. The number of ketones is 1. The van der Waals surface area contributed by atoms with Crippen molar-refractivity contribution in [3.63, 3.8) is 0 Å². The molecule has 0 fully saturated rings. The molecule has 1 atom stereocenters. The van der Waals surface area contributed by atoms with E-state index in [1.807, 2.05) is 12.1 Å². The number of halogens is 2. The van der Waals surface area contributed by atoms with Gasteiger partial charge in [-0.25, -0.2) is 0 Å². The molecule has 27 heavy (non-hydrogen) atoms. The third-order valence-corrected chi connectivity index (χ3v) is 5.54. The second kappa shape index (κ2) is 10.7. The van der Waals surface area contributed by atoms with Crippen molar-refractivity contribution in [1.82, 2.24) is 10.6 Å². The van der Waals surface area contributed by atoms with E-state index in [4.69, 9.17) is 11.6 Å². The Morgan fingerprint density at radius 1 is 1.11 bits per heavy atom. The molecule has 3 rings (SSSR count). The molecule has 1 unspecified atom stereocenters. The monoisotopic (exact) mass is 424 g/mol. The molecule has 0 saturated heterocycles. The molecule has 2 aromatic rings. The number of hydrogen-bond acceptors (Lipinski definition) is 4. The number of hydrogen-bond donors (Lipinski definition) is 2. The van der Waals surface area contributed by atoms with Crippen molar-refractivity contribution >= 4 is 47.5 Å². The molecular formula is C20H22Cl2N2O2S. The summed E-state index contributed by atoms with van der Waals surface area (Å²) in [5.41, 5.74) is 3.21. The number of benzene rings is 2. The van der Waals surface area contributed by atoms with Crippen molar-refractivity contribution in [2.75, 3.05) is 24.6 Å². The molecule has 0 spiro atoms. The van der Waals surface area contributed by atoms with Gasteiger partial charge in [-0.3, -0.25) is 9.59 Å². The summed E-state index contributed by atoms with van der Waals surface area (Å²) in [6, 6.07) is 15.3.